The van der Waals surface area contributed by atoms with Gasteiger partial charge in [0.2, 0.25) is 0 Å². The lowest BCUT2D eigenvalue weighted by molar-refractivity contribution is 0.305. The molecule has 0 heterocycles. The van der Waals surface area contributed by atoms with Gasteiger partial charge in [0.25, 0.3) is 0 Å². The molecular weight excluding hydrogens is 384 g/mol. The molecule has 0 aromatic heterocycles. The molecule has 19 heavy (non-hydrogen) atoms. The second kappa shape index (κ2) is 5.88. The summed E-state index contributed by atoms with van der Waals surface area (Å²) in [5.41, 5.74) is 6.79. The maximum Gasteiger partial charge on any atom is 0.145 e. The van der Waals surface area contributed by atoms with E-state index >= 15 is 0 Å². The molecule has 0 aliphatic heterocycles. The number of anilines is 1. The Kier molecular flexibility index (Phi) is 4.42. The van der Waals surface area contributed by atoms with Gasteiger partial charge in [-0.25, -0.2) is 8.78 Å². The highest BCUT2D eigenvalue weighted by atomic mass is 79.9. The van der Waals surface area contributed by atoms with E-state index in [1.165, 1.54) is 24.3 Å². The average Bonchev–Trinajstić information content (AvgIpc) is 2.34. The number of nitrogens with two attached hydrogens (primary N) is 1. The number of ether oxygens (including phenoxy) is 1. The van der Waals surface area contributed by atoms with E-state index in [0.29, 0.717) is 10.2 Å². The molecule has 0 aliphatic carbocycles. The van der Waals surface area contributed by atoms with Crippen LogP contribution in [0.4, 0.5) is 14.5 Å². The summed E-state index contributed by atoms with van der Waals surface area (Å²) in [6.07, 6.45) is 0. The smallest absolute Gasteiger partial charge is 0.145 e. The molecular formula is C13H9Br2F2NO. The Balaban J connectivity index is 2.16. The largest absolute Gasteiger partial charge is 0.487 e. The van der Waals surface area contributed by atoms with Gasteiger partial charge in [0.15, 0.2) is 0 Å². The van der Waals surface area contributed by atoms with Gasteiger partial charge < -0.3 is 10.5 Å². The third kappa shape index (κ3) is 3.45. The van der Waals surface area contributed by atoms with E-state index in [1.54, 1.807) is 6.07 Å². The Morgan fingerprint density at radius 1 is 1.05 bits per heavy atom. The molecule has 100 valence electrons. The highest BCUT2D eigenvalue weighted by Gasteiger charge is 2.08. The van der Waals surface area contributed by atoms with Crippen LogP contribution in [0.3, 0.4) is 0 Å². The highest BCUT2D eigenvalue weighted by Crippen LogP contribution is 2.29. The van der Waals surface area contributed by atoms with E-state index < -0.39 is 5.82 Å². The zero-order chi connectivity index (χ0) is 14.0. The molecule has 2 nitrogen and oxygen atoms in total. The van der Waals surface area contributed by atoms with Gasteiger partial charge in [0, 0.05) is 16.1 Å². The summed E-state index contributed by atoms with van der Waals surface area (Å²) in [5, 5.41) is 0. The molecule has 2 aromatic carbocycles. The third-order valence-corrected chi connectivity index (χ3v) is 3.80. The van der Waals surface area contributed by atoms with Gasteiger partial charge in [0.05, 0.1) is 10.2 Å². The van der Waals surface area contributed by atoms with Crippen molar-refractivity contribution in [3.63, 3.8) is 0 Å². The fraction of sp³-hybridized carbons (Fsp3) is 0.0769. The SMILES string of the molecule is Nc1cc(Br)c(F)cc1OCc1ccc(F)cc1Br. The lowest BCUT2D eigenvalue weighted by atomic mass is 10.2. The first kappa shape index (κ1) is 14.3. The third-order valence-electron chi connectivity index (χ3n) is 2.45. The topological polar surface area (TPSA) is 35.2 Å². The van der Waals surface area contributed by atoms with Gasteiger partial charge in [-0.15, -0.1) is 0 Å². The number of hydrogen-bond donors (Lipinski definition) is 1. The summed E-state index contributed by atoms with van der Waals surface area (Å²) in [6, 6.07) is 6.89. The fourth-order valence-corrected chi connectivity index (χ4v) is 2.29. The van der Waals surface area contributed by atoms with Gasteiger partial charge >= 0.3 is 0 Å². The van der Waals surface area contributed by atoms with Gasteiger partial charge in [0.1, 0.15) is 24.0 Å². The number of rotatable bonds is 3. The number of benzene rings is 2. The van der Waals surface area contributed by atoms with Gasteiger partial charge in [-0.2, -0.15) is 0 Å². The van der Waals surface area contributed by atoms with Gasteiger partial charge in [-0.3, -0.25) is 0 Å². The number of halogens is 4. The molecule has 0 atom stereocenters. The molecule has 6 heteroatoms. The predicted octanol–water partition coefficient (Wildman–Crippen LogP) is 4.65. The number of nitrogen functional groups attached to an aromatic ring is 1. The van der Waals surface area contributed by atoms with Gasteiger partial charge in [-0.05, 0) is 34.1 Å². The van der Waals surface area contributed by atoms with Crippen molar-refractivity contribution in [1.29, 1.82) is 0 Å². The minimum atomic E-state index is -0.456. The van der Waals surface area contributed by atoms with Crippen molar-refractivity contribution in [2.24, 2.45) is 0 Å². The van der Waals surface area contributed by atoms with Crippen LogP contribution in [0.25, 0.3) is 0 Å². The van der Waals surface area contributed by atoms with E-state index in [2.05, 4.69) is 31.9 Å². The lowest BCUT2D eigenvalue weighted by Gasteiger charge is -2.11. The molecule has 0 saturated carbocycles. The summed E-state index contributed by atoms with van der Waals surface area (Å²) in [6.45, 7) is 0.159. The van der Waals surface area contributed by atoms with Crippen LogP contribution in [-0.2, 0) is 6.61 Å². The molecule has 0 fully saturated rings. The van der Waals surface area contributed by atoms with Crippen molar-refractivity contribution in [2.45, 2.75) is 6.61 Å². The monoisotopic (exact) mass is 391 g/mol. The van der Waals surface area contributed by atoms with Gasteiger partial charge in [-0.1, -0.05) is 22.0 Å². The molecule has 2 N–H and O–H groups in total. The Morgan fingerprint density at radius 3 is 2.47 bits per heavy atom. The van der Waals surface area contributed by atoms with E-state index in [9.17, 15) is 8.78 Å². The van der Waals surface area contributed by atoms with Crippen molar-refractivity contribution in [1.82, 2.24) is 0 Å². The van der Waals surface area contributed by atoms with Crippen molar-refractivity contribution >= 4 is 37.5 Å². The first-order valence-electron chi connectivity index (χ1n) is 5.28. The van der Waals surface area contributed by atoms with Crippen LogP contribution in [0.2, 0.25) is 0 Å². The van der Waals surface area contributed by atoms with E-state index in [4.69, 9.17) is 10.5 Å². The summed E-state index contributed by atoms with van der Waals surface area (Å²) in [4.78, 5) is 0. The van der Waals surface area contributed by atoms with Crippen LogP contribution >= 0.6 is 31.9 Å². The fourth-order valence-electron chi connectivity index (χ4n) is 1.46. The first-order valence-corrected chi connectivity index (χ1v) is 6.87. The zero-order valence-electron chi connectivity index (χ0n) is 9.59. The standard InChI is InChI=1S/C13H9Br2F2NO/c14-9-3-8(16)2-1-7(9)6-19-13-5-11(17)10(15)4-12(13)18/h1-5H,6,18H2. The zero-order valence-corrected chi connectivity index (χ0v) is 12.8. The predicted molar refractivity (Wildman–Crippen MR) is 76.9 cm³/mol. The molecule has 0 amide bonds. The van der Waals surface area contributed by atoms with Crippen LogP contribution in [0.5, 0.6) is 5.75 Å². The van der Waals surface area contributed by atoms with Crippen LogP contribution < -0.4 is 10.5 Å². The Hall–Kier alpha value is -1.14. The Morgan fingerprint density at radius 2 is 1.79 bits per heavy atom. The van der Waals surface area contributed by atoms with Crippen LogP contribution in [-0.4, -0.2) is 0 Å². The Bertz CT molecular complexity index is 620. The summed E-state index contributed by atoms with van der Waals surface area (Å²) in [7, 11) is 0. The number of hydrogen-bond acceptors (Lipinski definition) is 2. The van der Waals surface area contributed by atoms with E-state index in [-0.39, 0.29) is 22.6 Å². The molecule has 0 unspecified atom stereocenters. The Labute approximate surface area is 125 Å². The molecule has 2 aromatic rings. The molecule has 2 rings (SSSR count). The summed E-state index contributed by atoms with van der Waals surface area (Å²) >= 11 is 6.27. The van der Waals surface area contributed by atoms with E-state index in [1.807, 2.05) is 0 Å². The van der Waals surface area contributed by atoms with E-state index in [0.717, 1.165) is 5.56 Å². The lowest BCUT2D eigenvalue weighted by Crippen LogP contribution is -2.00. The van der Waals surface area contributed by atoms with Crippen molar-refractivity contribution < 1.29 is 13.5 Å². The maximum atomic E-state index is 13.4. The molecule has 0 spiro atoms. The van der Waals surface area contributed by atoms with Crippen molar-refractivity contribution in [2.75, 3.05) is 5.73 Å². The normalized spacial score (nSPS) is 10.5. The summed E-state index contributed by atoms with van der Waals surface area (Å²) in [5.74, 6) is -0.552. The van der Waals surface area contributed by atoms with Crippen LogP contribution in [0.1, 0.15) is 5.56 Å². The maximum absolute atomic E-state index is 13.4. The molecule has 0 aliphatic rings. The van der Waals surface area contributed by atoms with Crippen molar-refractivity contribution in [3.8, 4) is 5.75 Å². The molecule has 0 bridgehead atoms. The minimum Gasteiger partial charge on any atom is -0.487 e. The molecule has 0 radical (unpaired) electrons. The van der Waals surface area contributed by atoms with Crippen molar-refractivity contribution in [3.05, 3.63) is 56.5 Å². The summed E-state index contributed by atoms with van der Waals surface area (Å²) < 4.78 is 32.6. The quantitative estimate of drug-likeness (QED) is 0.771. The second-order valence-electron chi connectivity index (χ2n) is 3.83. The highest BCUT2D eigenvalue weighted by molar-refractivity contribution is 9.10. The van der Waals surface area contributed by atoms with Crippen LogP contribution in [0.15, 0.2) is 39.3 Å². The average molecular weight is 393 g/mol. The first-order chi connectivity index (χ1) is 8.97. The molecule has 0 saturated heterocycles. The second-order valence-corrected chi connectivity index (χ2v) is 5.54. The van der Waals surface area contributed by atoms with Crippen LogP contribution in [0, 0.1) is 11.6 Å². The minimum absolute atomic E-state index is 0.159.